The van der Waals surface area contributed by atoms with Gasteiger partial charge in [-0.05, 0) is 80.2 Å². The van der Waals surface area contributed by atoms with Crippen LogP contribution in [0.3, 0.4) is 0 Å². The first kappa shape index (κ1) is 32.2. The maximum atomic E-state index is 13.1. The smallest absolute Gasteiger partial charge is 0.317 e. The highest BCUT2D eigenvalue weighted by Crippen LogP contribution is 2.27. The van der Waals surface area contributed by atoms with Crippen molar-refractivity contribution in [3.8, 4) is 5.75 Å². The summed E-state index contributed by atoms with van der Waals surface area (Å²) < 4.78 is 6.06. The van der Waals surface area contributed by atoms with Gasteiger partial charge in [-0.15, -0.1) is 0 Å². The molecular weight excluding hydrogens is 520 g/mol. The molecule has 2 fully saturated rings. The molecule has 1 atom stereocenters. The molecule has 6 heteroatoms. The van der Waals surface area contributed by atoms with Gasteiger partial charge in [0.15, 0.2) is 0 Å². The molecule has 2 aliphatic heterocycles. The monoisotopic (exact) mass is 576 g/mol. The Kier molecular flexibility index (Phi) is 12.9. The van der Waals surface area contributed by atoms with Crippen molar-refractivity contribution >= 4 is 11.7 Å². The Morgan fingerprint density at radius 3 is 2.17 bits per heavy atom. The number of likely N-dealkylation sites (tertiary alicyclic amines) is 2. The fourth-order valence-electron chi connectivity index (χ4n) is 6.41. The molecule has 0 aliphatic carbocycles. The molecule has 1 N–H and O–H groups in total. The predicted octanol–water partition coefficient (Wildman–Crippen LogP) is 7.58. The molecule has 42 heavy (non-hydrogen) atoms. The van der Waals surface area contributed by atoms with Gasteiger partial charge in [0, 0.05) is 57.0 Å². The van der Waals surface area contributed by atoms with Crippen molar-refractivity contribution < 1.29 is 9.53 Å². The lowest BCUT2D eigenvalue weighted by molar-refractivity contribution is 0.166. The van der Waals surface area contributed by atoms with E-state index in [2.05, 4.69) is 96.2 Å². The highest BCUT2D eigenvalue weighted by atomic mass is 16.5. The Hall–Kier alpha value is -2.73. The number of nitrogens with zero attached hydrogens (tertiary/aromatic N) is 3. The number of carbonyl (C=O) groups excluding carboxylic acids is 1. The molecule has 2 amide bonds. The predicted molar refractivity (Wildman–Crippen MR) is 175 cm³/mol. The number of anilines is 1. The van der Waals surface area contributed by atoms with E-state index in [4.69, 9.17) is 4.74 Å². The summed E-state index contributed by atoms with van der Waals surface area (Å²) in [6, 6.07) is 20.0. The van der Waals surface area contributed by atoms with Gasteiger partial charge in [0.1, 0.15) is 12.4 Å². The van der Waals surface area contributed by atoms with E-state index in [1.165, 1.54) is 30.5 Å². The van der Waals surface area contributed by atoms with Gasteiger partial charge in [0.2, 0.25) is 0 Å². The lowest BCUT2D eigenvalue weighted by Gasteiger charge is -2.41. The summed E-state index contributed by atoms with van der Waals surface area (Å²) in [6.45, 7) is 15.7. The van der Waals surface area contributed by atoms with E-state index < -0.39 is 0 Å². The first-order valence-electron chi connectivity index (χ1n) is 16.7. The topological polar surface area (TPSA) is 48.1 Å². The number of hydrogen-bond donors (Lipinski definition) is 1. The van der Waals surface area contributed by atoms with Crippen molar-refractivity contribution in [2.24, 2.45) is 11.8 Å². The summed E-state index contributed by atoms with van der Waals surface area (Å²) in [4.78, 5) is 20.4. The fraction of sp³-hybridized carbons (Fsp3) is 0.639. The van der Waals surface area contributed by atoms with E-state index >= 15 is 0 Å². The Morgan fingerprint density at radius 2 is 1.55 bits per heavy atom. The third-order valence-corrected chi connectivity index (χ3v) is 8.82. The average Bonchev–Trinajstić information content (AvgIpc) is 3.28. The SMILES string of the molecule is CC(C)CCN(c1ccc(OCc2ccccc2)cc1)C1CCN(CC(CC(C)C)NC(=O)N2CCCCCC2)CC1. The van der Waals surface area contributed by atoms with Gasteiger partial charge >= 0.3 is 6.03 Å². The van der Waals surface area contributed by atoms with E-state index in [0.717, 1.165) is 77.1 Å². The van der Waals surface area contributed by atoms with Crippen LogP contribution in [-0.2, 0) is 6.61 Å². The molecular formula is C36H56N4O2. The molecule has 2 aliphatic rings. The molecule has 2 aromatic rings. The number of ether oxygens (including phenoxy) is 1. The van der Waals surface area contributed by atoms with Gasteiger partial charge in [-0.3, -0.25) is 0 Å². The van der Waals surface area contributed by atoms with Crippen LogP contribution in [0.25, 0.3) is 0 Å². The molecule has 0 spiro atoms. The van der Waals surface area contributed by atoms with Crippen LogP contribution in [0.4, 0.5) is 10.5 Å². The standard InChI is InChI=1S/C36H56N4O2/c1-29(2)18-25-40(33-14-16-35(17-15-33)42-28-31-12-8-7-9-13-31)34-19-23-38(24-20-34)27-32(26-30(3)4)37-36(41)39-21-10-5-6-11-22-39/h7-9,12-17,29-30,32,34H,5-6,10-11,18-28H2,1-4H3,(H,37,41). The molecule has 4 rings (SSSR count). The van der Waals surface area contributed by atoms with Crippen molar-refractivity contribution in [2.45, 2.75) is 97.8 Å². The largest absolute Gasteiger partial charge is 0.489 e. The number of amides is 2. The second-order valence-electron chi connectivity index (χ2n) is 13.4. The van der Waals surface area contributed by atoms with Crippen LogP contribution in [0.5, 0.6) is 5.75 Å². The van der Waals surface area contributed by atoms with E-state index in [0.29, 0.717) is 24.5 Å². The molecule has 6 nitrogen and oxygen atoms in total. The van der Waals surface area contributed by atoms with Gasteiger partial charge < -0.3 is 24.8 Å². The fourth-order valence-corrected chi connectivity index (χ4v) is 6.41. The van der Waals surface area contributed by atoms with Crippen LogP contribution in [0.1, 0.15) is 84.6 Å². The van der Waals surface area contributed by atoms with Crippen LogP contribution in [-0.4, -0.2) is 67.2 Å². The quantitative estimate of drug-likeness (QED) is 0.267. The number of benzene rings is 2. The number of rotatable bonds is 13. The number of carbonyl (C=O) groups is 1. The molecule has 2 aromatic carbocycles. The highest BCUT2D eigenvalue weighted by molar-refractivity contribution is 5.74. The summed E-state index contributed by atoms with van der Waals surface area (Å²) in [6.07, 6.45) is 9.27. The van der Waals surface area contributed by atoms with Gasteiger partial charge in [-0.2, -0.15) is 0 Å². The highest BCUT2D eigenvalue weighted by Gasteiger charge is 2.28. The zero-order valence-electron chi connectivity index (χ0n) is 26.8. The van der Waals surface area contributed by atoms with Crippen LogP contribution >= 0.6 is 0 Å². The van der Waals surface area contributed by atoms with Crippen LogP contribution in [0, 0.1) is 11.8 Å². The maximum absolute atomic E-state index is 13.1. The molecule has 0 radical (unpaired) electrons. The summed E-state index contributed by atoms with van der Waals surface area (Å²) in [7, 11) is 0. The zero-order chi connectivity index (χ0) is 29.7. The zero-order valence-corrected chi connectivity index (χ0v) is 26.8. The normalized spacial score (nSPS) is 17.7. The third kappa shape index (κ3) is 10.5. The summed E-state index contributed by atoms with van der Waals surface area (Å²) in [5, 5.41) is 3.43. The average molecular weight is 577 g/mol. The first-order chi connectivity index (χ1) is 20.4. The lowest BCUT2D eigenvalue weighted by atomic mass is 9.98. The minimum absolute atomic E-state index is 0.147. The molecule has 2 saturated heterocycles. The molecule has 1 unspecified atom stereocenters. The van der Waals surface area contributed by atoms with Crippen molar-refractivity contribution in [3.63, 3.8) is 0 Å². The number of hydrogen-bond acceptors (Lipinski definition) is 4. The number of urea groups is 1. The summed E-state index contributed by atoms with van der Waals surface area (Å²) in [5.41, 5.74) is 2.48. The van der Waals surface area contributed by atoms with E-state index in [9.17, 15) is 4.79 Å². The second-order valence-corrected chi connectivity index (χ2v) is 13.4. The van der Waals surface area contributed by atoms with Crippen molar-refractivity contribution in [2.75, 3.05) is 44.2 Å². The molecule has 0 bridgehead atoms. The van der Waals surface area contributed by atoms with Gasteiger partial charge in [-0.1, -0.05) is 70.9 Å². The van der Waals surface area contributed by atoms with Crippen LogP contribution < -0.4 is 15.0 Å². The number of nitrogens with one attached hydrogen (secondary N) is 1. The van der Waals surface area contributed by atoms with E-state index in [1.807, 2.05) is 6.07 Å². The minimum Gasteiger partial charge on any atom is -0.489 e. The second kappa shape index (κ2) is 16.8. The van der Waals surface area contributed by atoms with Crippen molar-refractivity contribution in [1.82, 2.24) is 15.1 Å². The third-order valence-electron chi connectivity index (χ3n) is 8.82. The first-order valence-corrected chi connectivity index (χ1v) is 16.7. The molecule has 0 aromatic heterocycles. The van der Waals surface area contributed by atoms with Crippen molar-refractivity contribution in [1.29, 1.82) is 0 Å². The van der Waals surface area contributed by atoms with E-state index in [-0.39, 0.29) is 12.1 Å². The Labute approximate surface area is 255 Å². The Morgan fingerprint density at radius 1 is 0.881 bits per heavy atom. The summed E-state index contributed by atoms with van der Waals surface area (Å²) >= 11 is 0. The minimum atomic E-state index is 0.147. The van der Waals surface area contributed by atoms with Crippen molar-refractivity contribution in [3.05, 3.63) is 60.2 Å². The van der Waals surface area contributed by atoms with Gasteiger partial charge in [0.25, 0.3) is 0 Å². The number of piperidine rings is 1. The Bertz CT molecular complexity index is 1030. The Balaban J connectivity index is 1.32. The van der Waals surface area contributed by atoms with Crippen LogP contribution in [0.2, 0.25) is 0 Å². The molecule has 0 saturated carbocycles. The van der Waals surface area contributed by atoms with E-state index in [1.54, 1.807) is 0 Å². The molecule has 2 heterocycles. The maximum Gasteiger partial charge on any atom is 0.317 e. The van der Waals surface area contributed by atoms with Crippen LogP contribution in [0.15, 0.2) is 54.6 Å². The molecule has 232 valence electrons. The lowest BCUT2D eigenvalue weighted by Crippen LogP contribution is -2.52. The van der Waals surface area contributed by atoms with Gasteiger partial charge in [0.05, 0.1) is 0 Å². The summed E-state index contributed by atoms with van der Waals surface area (Å²) in [5.74, 6) is 2.15. The van der Waals surface area contributed by atoms with Gasteiger partial charge in [-0.25, -0.2) is 4.79 Å².